The Hall–Kier alpha value is -1.55. The monoisotopic (exact) mass is 265 g/mol. The van der Waals surface area contributed by atoms with E-state index >= 15 is 0 Å². The molecule has 0 aromatic heterocycles. The molecule has 94 valence electrons. The maximum absolute atomic E-state index is 13.2. The zero-order chi connectivity index (χ0) is 13.3. The van der Waals surface area contributed by atoms with Crippen molar-refractivity contribution in [1.82, 2.24) is 0 Å². The van der Waals surface area contributed by atoms with E-state index in [4.69, 9.17) is 5.73 Å². The summed E-state index contributed by atoms with van der Waals surface area (Å²) in [5, 5.41) is 0. The third-order valence-corrected chi connectivity index (χ3v) is 3.85. The summed E-state index contributed by atoms with van der Waals surface area (Å²) in [6.07, 6.45) is 0. The van der Waals surface area contributed by atoms with Crippen LogP contribution in [0.4, 0.5) is 14.5 Å². The van der Waals surface area contributed by atoms with Gasteiger partial charge in [-0.15, -0.1) is 0 Å². The van der Waals surface area contributed by atoms with Gasteiger partial charge in [-0.3, -0.25) is 0 Å². The molecule has 0 aliphatic carbocycles. The molecule has 18 heavy (non-hydrogen) atoms. The quantitative estimate of drug-likeness (QED) is 0.819. The minimum atomic E-state index is -0.919. The Balaban J connectivity index is 2.40. The molecule has 0 amide bonds. The van der Waals surface area contributed by atoms with Crippen LogP contribution in [0.1, 0.15) is 11.1 Å². The lowest BCUT2D eigenvalue weighted by Crippen LogP contribution is -1.94. The lowest BCUT2D eigenvalue weighted by molar-refractivity contribution is 0.506. The highest BCUT2D eigenvalue weighted by atomic mass is 32.2. The average Bonchev–Trinajstić information content (AvgIpc) is 2.30. The predicted molar refractivity (Wildman–Crippen MR) is 70.8 cm³/mol. The Kier molecular flexibility index (Phi) is 3.57. The fraction of sp³-hybridized carbons (Fsp3) is 0.143. The average molecular weight is 265 g/mol. The van der Waals surface area contributed by atoms with Crippen molar-refractivity contribution in [3.05, 3.63) is 53.1 Å². The van der Waals surface area contributed by atoms with Crippen LogP contribution in [0.2, 0.25) is 0 Å². The van der Waals surface area contributed by atoms with Crippen LogP contribution in [0.5, 0.6) is 0 Å². The third kappa shape index (κ3) is 2.64. The minimum Gasteiger partial charge on any atom is -0.398 e. The molecule has 0 atom stereocenters. The van der Waals surface area contributed by atoms with Gasteiger partial charge in [0.1, 0.15) is 0 Å². The number of rotatable bonds is 2. The van der Waals surface area contributed by atoms with E-state index in [1.807, 2.05) is 32.0 Å². The van der Waals surface area contributed by atoms with Crippen molar-refractivity contribution in [3.8, 4) is 0 Å². The highest BCUT2D eigenvalue weighted by molar-refractivity contribution is 7.99. The molecule has 0 unspecified atom stereocenters. The number of anilines is 1. The second kappa shape index (κ2) is 4.98. The number of nitrogen functional groups attached to an aromatic ring is 1. The van der Waals surface area contributed by atoms with Crippen molar-refractivity contribution in [1.29, 1.82) is 0 Å². The molecule has 0 aliphatic rings. The SMILES string of the molecule is Cc1ccc(C)c(Sc2cc(F)c(F)cc2N)c1. The van der Waals surface area contributed by atoms with Gasteiger partial charge in [0.25, 0.3) is 0 Å². The van der Waals surface area contributed by atoms with Gasteiger partial charge in [-0.05, 0) is 37.1 Å². The van der Waals surface area contributed by atoms with Gasteiger partial charge in [-0.2, -0.15) is 0 Å². The van der Waals surface area contributed by atoms with E-state index in [1.165, 1.54) is 11.8 Å². The Labute approximate surface area is 109 Å². The van der Waals surface area contributed by atoms with Gasteiger partial charge in [-0.25, -0.2) is 8.78 Å². The fourth-order valence-corrected chi connectivity index (χ4v) is 2.62. The molecule has 1 nitrogen and oxygen atoms in total. The van der Waals surface area contributed by atoms with Crippen LogP contribution < -0.4 is 5.73 Å². The second-order valence-corrected chi connectivity index (χ2v) is 5.26. The first-order chi connectivity index (χ1) is 8.47. The summed E-state index contributed by atoms with van der Waals surface area (Å²) in [6.45, 7) is 3.95. The molecule has 0 heterocycles. The largest absolute Gasteiger partial charge is 0.398 e. The molecule has 4 heteroatoms. The minimum absolute atomic E-state index is 0.250. The van der Waals surface area contributed by atoms with Gasteiger partial charge >= 0.3 is 0 Å². The number of halogens is 2. The number of aryl methyl sites for hydroxylation is 2. The molecular formula is C14H13F2NS. The lowest BCUT2D eigenvalue weighted by atomic mass is 10.2. The normalized spacial score (nSPS) is 10.7. The van der Waals surface area contributed by atoms with Gasteiger partial charge in [0, 0.05) is 21.5 Å². The Morgan fingerprint density at radius 1 is 0.944 bits per heavy atom. The van der Waals surface area contributed by atoms with Crippen LogP contribution in [0.3, 0.4) is 0 Å². The van der Waals surface area contributed by atoms with E-state index in [2.05, 4.69) is 0 Å². The topological polar surface area (TPSA) is 26.0 Å². The van der Waals surface area contributed by atoms with E-state index in [0.717, 1.165) is 28.2 Å². The Morgan fingerprint density at radius 3 is 2.33 bits per heavy atom. The molecule has 0 bridgehead atoms. The molecular weight excluding hydrogens is 252 g/mol. The number of hydrogen-bond acceptors (Lipinski definition) is 2. The number of hydrogen-bond donors (Lipinski definition) is 1. The summed E-state index contributed by atoms with van der Waals surface area (Å²) >= 11 is 1.35. The summed E-state index contributed by atoms with van der Waals surface area (Å²) in [4.78, 5) is 1.52. The first-order valence-electron chi connectivity index (χ1n) is 5.47. The maximum atomic E-state index is 13.2. The molecule has 0 saturated heterocycles. The summed E-state index contributed by atoms with van der Waals surface area (Å²) in [5.74, 6) is -1.80. The van der Waals surface area contributed by atoms with E-state index in [0.29, 0.717) is 4.90 Å². The van der Waals surface area contributed by atoms with Gasteiger partial charge in [0.2, 0.25) is 0 Å². The van der Waals surface area contributed by atoms with Crippen LogP contribution in [0.15, 0.2) is 40.1 Å². The van der Waals surface area contributed by atoms with Crippen LogP contribution in [0, 0.1) is 25.5 Å². The van der Waals surface area contributed by atoms with Crippen LogP contribution in [-0.4, -0.2) is 0 Å². The zero-order valence-corrected chi connectivity index (χ0v) is 10.9. The van der Waals surface area contributed by atoms with Crippen molar-refractivity contribution >= 4 is 17.4 Å². The molecule has 0 spiro atoms. The van der Waals surface area contributed by atoms with E-state index in [1.54, 1.807) is 0 Å². The Morgan fingerprint density at radius 2 is 1.61 bits per heavy atom. The first kappa shape index (κ1) is 12.9. The van der Waals surface area contributed by atoms with Crippen molar-refractivity contribution < 1.29 is 8.78 Å². The predicted octanol–water partition coefficient (Wildman–Crippen LogP) is 4.32. The zero-order valence-electron chi connectivity index (χ0n) is 10.1. The Bertz CT molecular complexity index is 597. The molecule has 2 rings (SSSR count). The van der Waals surface area contributed by atoms with Crippen molar-refractivity contribution in [2.45, 2.75) is 23.6 Å². The standard InChI is InChI=1S/C14H13F2NS/c1-8-3-4-9(2)13(5-8)18-14-7-11(16)10(15)6-12(14)17/h3-7H,17H2,1-2H3. The molecule has 0 aliphatic heterocycles. The summed E-state index contributed by atoms with van der Waals surface area (Å²) in [5.41, 5.74) is 8.14. The molecule has 0 fully saturated rings. The third-order valence-electron chi connectivity index (χ3n) is 2.62. The summed E-state index contributed by atoms with van der Waals surface area (Å²) in [6, 6.07) is 8.16. The van der Waals surface area contributed by atoms with Gasteiger partial charge < -0.3 is 5.73 Å². The first-order valence-corrected chi connectivity index (χ1v) is 6.28. The van der Waals surface area contributed by atoms with Gasteiger partial charge in [0.15, 0.2) is 11.6 Å². The van der Waals surface area contributed by atoms with Crippen molar-refractivity contribution in [3.63, 3.8) is 0 Å². The molecule has 2 aromatic rings. The maximum Gasteiger partial charge on any atom is 0.160 e. The number of nitrogens with two attached hydrogens (primary N) is 1. The lowest BCUT2D eigenvalue weighted by Gasteiger charge is -2.09. The summed E-state index contributed by atoms with van der Waals surface area (Å²) < 4.78 is 26.2. The molecule has 2 N–H and O–H groups in total. The van der Waals surface area contributed by atoms with Crippen LogP contribution >= 0.6 is 11.8 Å². The van der Waals surface area contributed by atoms with Gasteiger partial charge in [-0.1, -0.05) is 23.9 Å². The van der Waals surface area contributed by atoms with E-state index in [9.17, 15) is 8.78 Å². The van der Waals surface area contributed by atoms with Crippen molar-refractivity contribution in [2.24, 2.45) is 0 Å². The smallest absolute Gasteiger partial charge is 0.160 e. The molecule has 0 radical (unpaired) electrons. The summed E-state index contributed by atoms with van der Waals surface area (Å²) in [7, 11) is 0. The van der Waals surface area contributed by atoms with Crippen LogP contribution in [-0.2, 0) is 0 Å². The van der Waals surface area contributed by atoms with Gasteiger partial charge in [0.05, 0.1) is 0 Å². The fourth-order valence-electron chi connectivity index (χ4n) is 1.57. The highest BCUT2D eigenvalue weighted by Crippen LogP contribution is 2.35. The highest BCUT2D eigenvalue weighted by Gasteiger charge is 2.10. The molecule has 0 saturated carbocycles. The second-order valence-electron chi connectivity index (χ2n) is 4.18. The van der Waals surface area contributed by atoms with E-state index in [-0.39, 0.29) is 5.69 Å². The van der Waals surface area contributed by atoms with Crippen molar-refractivity contribution in [2.75, 3.05) is 5.73 Å². The number of benzene rings is 2. The molecule has 2 aromatic carbocycles. The van der Waals surface area contributed by atoms with E-state index < -0.39 is 11.6 Å². The van der Waals surface area contributed by atoms with Crippen LogP contribution in [0.25, 0.3) is 0 Å².